The number of nitrogens with zero attached hydrogens (tertiary/aromatic N) is 1. The Kier molecular flexibility index (Phi) is 21.1. The van der Waals surface area contributed by atoms with E-state index in [2.05, 4.69) is 0 Å². The van der Waals surface area contributed by atoms with Gasteiger partial charge >= 0.3 is 5.97 Å². The van der Waals surface area contributed by atoms with Crippen LogP contribution < -0.4 is 0 Å². The Morgan fingerprint density at radius 3 is 2.25 bits per heavy atom. The van der Waals surface area contributed by atoms with E-state index in [9.17, 15) is 34.8 Å². The third kappa shape index (κ3) is 13.4. The lowest BCUT2D eigenvalue weighted by Gasteiger charge is -2.50. The molecule has 2 fully saturated rings. The van der Waals surface area contributed by atoms with Crippen LogP contribution in [-0.2, 0) is 47.0 Å². The molecule has 17 atom stereocenters. The topological polar surface area (TPSA) is 200 Å². The number of aliphatic hydroxyl groups excluding tert-OH is 4. The van der Waals surface area contributed by atoms with Crippen LogP contribution in [0.25, 0.3) is 0 Å². The highest BCUT2D eigenvalue weighted by Crippen LogP contribution is 2.41. The van der Waals surface area contributed by atoms with Crippen molar-refractivity contribution in [3.05, 3.63) is 23.3 Å². The smallest absolute Gasteiger partial charge is 0.308 e. The van der Waals surface area contributed by atoms with Crippen LogP contribution in [0.3, 0.4) is 0 Å². The van der Waals surface area contributed by atoms with Crippen molar-refractivity contribution in [1.82, 2.24) is 4.90 Å². The van der Waals surface area contributed by atoms with Gasteiger partial charge in [-0.25, -0.2) is 0 Å². The van der Waals surface area contributed by atoms with Gasteiger partial charge in [0, 0.05) is 38.2 Å². The fourth-order valence-electron chi connectivity index (χ4n) is 8.96. The van der Waals surface area contributed by atoms with Crippen molar-refractivity contribution in [2.24, 2.45) is 23.7 Å². The summed E-state index contributed by atoms with van der Waals surface area (Å²) in [6, 6.07) is -0.677. The van der Waals surface area contributed by atoms with Gasteiger partial charge in [-0.2, -0.15) is 0 Å². The summed E-state index contributed by atoms with van der Waals surface area (Å²) in [6.07, 6.45) is -1.56. The Bertz CT molecular complexity index is 1380. The van der Waals surface area contributed by atoms with Crippen molar-refractivity contribution in [3.63, 3.8) is 0 Å². The van der Waals surface area contributed by atoms with Gasteiger partial charge in [0.2, 0.25) is 0 Å². The number of carbonyl (C=O) groups is 3. The second-order valence-corrected chi connectivity index (χ2v) is 18.0. The number of rotatable bonds is 15. The highest BCUT2D eigenvalue weighted by molar-refractivity contribution is 7.95. The molecule has 3 rings (SSSR count). The Morgan fingerprint density at radius 2 is 1.68 bits per heavy atom. The van der Waals surface area contributed by atoms with E-state index in [1.807, 2.05) is 39.8 Å². The Balaban J connectivity index is 2.01. The van der Waals surface area contributed by atoms with Gasteiger partial charge in [0.1, 0.15) is 43.1 Å². The Morgan fingerprint density at radius 1 is 0.983 bits per heavy atom. The number of esters is 1. The van der Waals surface area contributed by atoms with Crippen LogP contribution >= 0.6 is 12.0 Å². The molecule has 2 saturated heterocycles. The van der Waals surface area contributed by atoms with E-state index in [4.69, 9.17) is 32.6 Å². The largest absolute Gasteiger partial charge is 0.462 e. The number of methoxy groups -OCH3 is 2. The quantitative estimate of drug-likeness (QED) is 0.105. The van der Waals surface area contributed by atoms with Crippen molar-refractivity contribution in [1.29, 1.82) is 0 Å². The zero-order valence-electron chi connectivity index (χ0n) is 36.9. The lowest BCUT2D eigenvalue weighted by Crippen LogP contribution is -2.66. The van der Waals surface area contributed by atoms with E-state index in [1.165, 1.54) is 14.2 Å². The zero-order chi connectivity index (χ0) is 44.2. The first kappa shape index (κ1) is 51.5. The highest BCUT2D eigenvalue weighted by Gasteiger charge is 2.55. The van der Waals surface area contributed by atoms with Crippen molar-refractivity contribution in [3.8, 4) is 0 Å². The molecule has 3 aliphatic heterocycles. The van der Waals surface area contributed by atoms with Gasteiger partial charge in [-0.05, 0) is 89.5 Å². The summed E-state index contributed by atoms with van der Waals surface area (Å²) >= 11 is 0.983. The minimum Gasteiger partial charge on any atom is -0.462 e. The van der Waals surface area contributed by atoms with E-state index in [1.54, 1.807) is 39.8 Å². The van der Waals surface area contributed by atoms with E-state index in [0.29, 0.717) is 37.7 Å². The lowest BCUT2D eigenvalue weighted by atomic mass is 9.81. The third-order valence-electron chi connectivity index (χ3n) is 12.1. The van der Waals surface area contributed by atoms with E-state index in [-0.39, 0.29) is 31.3 Å². The molecule has 340 valence electrons. The van der Waals surface area contributed by atoms with Gasteiger partial charge in [0.15, 0.2) is 12.1 Å². The first-order valence-electron chi connectivity index (χ1n) is 21.1. The fourth-order valence-corrected chi connectivity index (χ4v) is 10.1. The predicted octanol–water partition coefficient (Wildman–Crippen LogP) is 3.77. The molecule has 3 aliphatic rings. The molecule has 16 heteroatoms. The molecular weight excluding hydrogens is 787 g/mol. The normalized spacial score (nSPS) is 40.8. The average molecular weight is 860 g/mol. The van der Waals surface area contributed by atoms with Crippen molar-refractivity contribution >= 4 is 30.6 Å². The highest BCUT2D eigenvalue weighted by atomic mass is 32.2. The zero-order valence-corrected chi connectivity index (χ0v) is 37.7. The molecule has 15 nitrogen and oxygen atoms in total. The van der Waals surface area contributed by atoms with Crippen LogP contribution in [0.2, 0.25) is 0 Å². The molecular formula is C43H73NO14S. The molecule has 0 bridgehead atoms. The summed E-state index contributed by atoms with van der Waals surface area (Å²) in [5.41, 5.74) is 1.28. The van der Waals surface area contributed by atoms with Crippen LogP contribution in [-0.4, -0.2) is 157 Å². The predicted molar refractivity (Wildman–Crippen MR) is 222 cm³/mol. The van der Waals surface area contributed by atoms with Crippen molar-refractivity contribution in [2.75, 3.05) is 34.9 Å². The van der Waals surface area contributed by atoms with Crippen LogP contribution in [0.1, 0.15) is 93.4 Å². The molecule has 0 aromatic rings. The van der Waals surface area contributed by atoms with Crippen molar-refractivity contribution in [2.45, 2.75) is 172 Å². The first-order valence-corrected chi connectivity index (χ1v) is 21.9. The number of cyclic esters (lactones) is 1. The van der Waals surface area contributed by atoms with Gasteiger partial charge in [0.25, 0.3) is 0 Å². The third-order valence-corrected chi connectivity index (χ3v) is 13.4. The molecule has 59 heavy (non-hydrogen) atoms. The SMILES string of the molecule is CCCC1(OCC2C=C(C)C=C(C=O)CC(C)CC(CC=O)C(SOC3OC(C)C(O)C(N(C)C)C3O)C(C)C(O)CC(=O)OC2CC)OC(C)C(O)C(OC)C1OC. The fraction of sp³-hybridized carbons (Fsp3) is 0.837. The summed E-state index contributed by atoms with van der Waals surface area (Å²) in [7, 11) is 6.50. The number of aldehydes is 2. The maximum Gasteiger partial charge on any atom is 0.308 e. The lowest BCUT2D eigenvalue weighted by molar-refractivity contribution is -0.369. The summed E-state index contributed by atoms with van der Waals surface area (Å²) in [5, 5.41) is 44.0. The summed E-state index contributed by atoms with van der Waals surface area (Å²) in [5.74, 6) is -3.55. The number of likely N-dealkylation sites (N-methyl/N-ethyl adjacent to an activating group) is 1. The van der Waals surface area contributed by atoms with Gasteiger partial charge in [-0.15, -0.1) is 0 Å². The summed E-state index contributed by atoms with van der Waals surface area (Å²) in [6.45, 7) is 13.0. The van der Waals surface area contributed by atoms with Crippen LogP contribution in [0, 0.1) is 23.7 Å². The Hall–Kier alpha value is -1.80. The van der Waals surface area contributed by atoms with E-state index < -0.39 is 96.1 Å². The minimum atomic E-state index is -1.30. The number of hydrogen-bond donors (Lipinski definition) is 4. The summed E-state index contributed by atoms with van der Waals surface area (Å²) in [4.78, 5) is 40.2. The van der Waals surface area contributed by atoms with E-state index >= 15 is 0 Å². The summed E-state index contributed by atoms with van der Waals surface area (Å²) < 4.78 is 42.8. The number of hydrogen-bond acceptors (Lipinski definition) is 16. The van der Waals surface area contributed by atoms with Crippen LogP contribution in [0.15, 0.2) is 23.3 Å². The van der Waals surface area contributed by atoms with Gasteiger partial charge < -0.3 is 58.5 Å². The first-order chi connectivity index (χ1) is 27.9. The second-order valence-electron chi connectivity index (χ2n) is 17.0. The van der Waals surface area contributed by atoms with Crippen LogP contribution in [0.4, 0.5) is 0 Å². The maximum atomic E-state index is 13.8. The second kappa shape index (κ2) is 24.2. The molecule has 0 saturated carbocycles. The number of ether oxygens (including phenoxy) is 6. The molecule has 0 aromatic carbocycles. The standard InChI is InChI=1S/C43H73NO14S/c1-12-15-43(41(53-11)39(52-10)37(50)28(7)57-43)54-23-31-20-25(4)18-29(22-46)17-24(3)19-30(14-16-45)40(26(5)32(47)21-34(48)56-33(31)13-2)59-58-42-38(51)35(44(8)9)36(49)27(6)55-42/h16,18,20,22,24,26-28,30-33,35-42,47,49-51H,12-15,17,19,21,23H2,1-11H3. The molecule has 4 N–H and O–H groups in total. The minimum absolute atomic E-state index is 0.0186. The monoisotopic (exact) mass is 859 g/mol. The molecule has 3 heterocycles. The number of carbonyl (C=O) groups excluding carboxylic acids is 3. The molecule has 0 aromatic heterocycles. The Labute approximate surface area is 355 Å². The number of aliphatic hydroxyl groups is 4. The molecule has 17 unspecified atom stereocenters. The average Bonchev–Trinajstić information content (AvgIpc) is 3.17. The van der Waals surface area contributed by atoms with Crippen LogP contribution in [0.5, 0.6) is 0 Å². The maximum absolute atomic E-state index is 13.8. The number of allylic oxidation sites excluding steroid dienone is 3. The molecule has 0 spiro atoms. The van der Waals surface area contributed by atoms with Gasteiger partial charge in [-0.3, -0.25) is 13.8 Å². The van der Waals surface area contributed by atoms with Gasteiger partial charge in [0.05, 0.1) is 43.5 Å². The van der Waals surface area contributed by atoms with Gasteiger partial charge in [-0.1, -0.05) is 51.8 Å². The molecule has 0 amide bonds. The van der Waals surface area contributed by atoms with E-state index in [0.717, 1.165) is 30.2 Å². The molecule has 0 aliphatic carbocycles. The molecule has 0 radical (unpaired) electrons. The van der Waals surface area contributed by atoms with Crippen molar-refractivity contribution < 1.29 is 67.4 Å².